The van der Waals surface area contributed by atoms with E-state index < -0.39 is 0 Å². The molecule has 8 aliphatic carbocycles. The topological polar surface area (TPSA) is 0 Å². The first kappa shape index (κ1) is 10.1. The predicted molar refractivity (Wildman–Crippen MR) is 77.9 cm³/mol. The summed E-state index contributed by atoms with van der Waals surface area (Å²) in [7, 11) is 0. The molecule has 0 aromatic rings. The van der Waals surface area contributed by atoms with E-state index in [9.17, 15) is 0 Å². The molecule has 8 saturated carbocycles. The molecule has 0 unspecified atom stereocenters. The van der Waals surface area contributed by atoms with E-state index in [1.807, 2.05) is 0 Å². The predicted octanol–water partition coefficient (Wildman–Crippen LogP) is 4.34. The third-order valence-corrected chi connectivity index (χ3v) is 11.8. The average molecular weight is 272 g/mol. The second-order valence-corrected chi connectivity index (χ2v) is 11.0. The van der Waals surface area contributed by atoms with Crippen LogP contribution in [0.4, 0.5) is 0 Å². The molecule has 1 saturated heterocycles. The zero-order valence-electron chi connectivity index (χ0n) is 11.7. The highest BCUT2D eigenvalue weighted by molar-refractivity contribution is 8.09. The summed E-state index contributed by atoms with van der Waals surface area (Å²) >= 11 is 2.59. The monoisotopic (exact) mass is 272 g/mol. The molecule has 9 aliphatic rings. The first-order valence-corrected chi connectivity index (χ1v) is 9.83. The minimum atomic E-state index is 0.853. The standard InChI is InChI=1S/C18H24S/c1-9-2-14-4-10(9)3-13(1)17(14)18(19-17)15-5-11-6-16(18)8-12(11)7-15/h9-16H,1-8H2. The van der Waals surface area contributed by atoms with Crippen LogP contribution in [0.1, 0.15) is 51.4 Å². The molecule has 0 atom stereocenters. The van der Waals surface area contributed by atoms with Crippen LogP contribution in [-0.4, -0.2) is 9.49 Å². The van der Waals surface area contributed by atoms with Crippen LogP contribution in [0.3, 0.4) is 0 Å². The summed E-state index contributed by atoms with van der Waals surface area (Å²) in [5.74, 6) is 9.46. The van der Waals surface area contributed by atoms with Crippen molar-refractivity contribution in [1.82, 2.24) is 0 Å². The van der Waals surface area contributed by atoms with Gasteiger partial charge in [-0.2, -0.15) is 0 Å². The van der Waals surface area contributed by atoms with E-state index in [2.05, 4.69) is 11.8 Å². The zero-order chi connectivity index (χ0) is 12.0. The summed E-state index contributed by atoms with van der Waals surface area (Å²) in [6.07, 6.45) is 13.2. The quantitative estimate of drug-likeness (QED) is 0.591. The number of rotatable bonds is 0. The molecule has 8 bridgehead atoms. The molecule has 2 spiro atoms. The minimum absolute atomic E-state index is 0.853. The van der Waals surface area contributed by atoms with Crippen molar-refractivity contribution in [2.24, 2.45) is 47.3 Å². The summed E-state index contributed by atoms with van der Waals surface area (Å²) in [6, 6.07) is 0. The highest BCUT2D eigenvalue weighted by Gasteiger charge is 2.85. The van der Waals surface area contributed by atoms with Crippen molar-refractivity contribution in [1.29, 1.82) is 0 Å². The molecule has 0 radical (unpaired) electrons. The maximum absolute atomic E-state index is 2.59. The van der Waals surface area contributed by atoms with Gasteiger partial charge in [-0.3, -0.25) is 0 Å². The molecular weight excluding hydrogens is 248 g/mol. The van der Waals surface area contributed by atoms with Crippen LogP contribution in [0.5, 0.6) is 0 Å². The lowest BCUT2D eigenvalue weighted by molar-refractivity contribution is 0.100. The summed E-state index contributed by atoms with van der Waals surface area (Å²) < 4.78 is 1.71. The van der Waals surface area contributed by atoms with E-state index in [-0.39, 0.29) is 0 Å². The van der Waals surface area contributed by atoms with Gasteiger partial charge < -0.3 is 0 Å². The normalized spacial score (nSPS) is 77.1. The fraction of sp³-hybridized carbons (Fsp3) is 1.00. The Bertz CT molecular complexity index is 392. The Morgan fingerprint density at radius 3 is 1.00 bits per heavy atom. The van der Waals surface area contributed by atoms with Gasteiger partial charge in [0.2, 0.25) is 0 Å². The lowest BCUT2D eigenvalue weighted by atomic mass is 9.56. The average Bonchev–Trinajstić information content (AvgIpc) is 2.80. The zero-order valence-corrected chi connectivity index (χ0v) is 12.5. The maximum Gasteiger partial charge on any atom is 0.0375 e. The summed E-state index contributed by atoms with van der Waals surface area (Å²) in [5.41, 5.74) is 0. The van der Waals surface area contributed by atoms with Gasteiger partial charge in [0, 0.05) is 9.49 Å². The van der Waals surface area contributed by atoms with E-state index in [4.69, 9.17) is 0 Å². The van der Waals surface area contributed by atoms with Crippen LogP contribution in [0.15, 0.2) is 0 Å². The van der Waals surface area contributed by atoms with Crippen LogP contribution < -0.4 is 0 Å². The Morgan fingerprint density at radius 1 is 0.474 bits per heavy atom. The Morgan fingerprint density at radius 2 is 0.737 bits per heavy atom. The van der Waals surface area contributed by atoms with Gasteiger partial charge >= 0.3 is 0 Å². The lowest BCUT2D eigenvalue weighted by Crippen LogP contribution is -2.50. The number of hydrogen-bond acceptors (Lipinski definition) is 1. The van der Waals surface area contributed by atoms with E-state index in [1.165, 1.54) is 47.3 Å². The van der Waals surface area contributed by atoms with Gasteiger partial charge in [-0.1, -0.05) is 0 Å². The van der Waals surface area contributed by atoms with Crippen molar-refractivity contribution in [2.45, 2.75) is 60.9 Å². The van der Waals surface area contributed by atoms with Gasteiger partial charge in [-0.05, 0) is 98.7 Å². The molecule has 1 aliphatic heterocycles. The third-order valence-electron chi connectivity index (χ3n) is 9.36. The van der Waals surface area contributed by atoms with Crippen LogP contribution in [-0.2, 0) is 0 Å². The van der Waals surface area contributed by atoms with Gasteiger partial charge in [0.15, 0.2) is 0 Å². The molecule has 9 fully saturated rings. The van der Waals surface area contributed by atoms with Gasteiger partial charge in [0.25, 0.3) is 0 Å². The van der Waals surface area contributed by atoms with Crippen LogP contribution >= 0.6 is 11.8 Å². The highest BCUT2D eigenvalue weighted by Crippen LogP contribution is 2.89. The largest absolute Gasteiger partial charge is 0.144 e. The minimum Gasteiger partial charge on any atom is -0.144 e. The first-order chi connectivity index (χ1) is 9.31. The second-order valence-electron chi connectivity index (χ2n) is 9.40. The third kappa shape index (κ3) is 0.820. The molecule has 102 valence electrons. The van der Waals surface area contributed by atoms with Crippen molar-refractivity contribution in [3.63, 3.8) is 0 Å². The summed E-state index contributed by atoms with van der Waals surface area (Å²) in [5, 5.41) is 0. The molecule has 0 nitrogen and oxygen atoms in total. The maximum atomic E-state index is 2.59. The molecule has 1 heterocycles. The van der Waals surface area contributed by atoms with Gasteiger partial charge in [0.1, 0.15) is 0 Å². The SMILES string of the molecule is C1C2CC3CC2CC1C31SC12C1CC3CC2CC3C1. The van der Waals surface area contributed by atoms with Crippen LogP contribution in [0.2, 0.25) is 0 Å². The first-order valence-electron chi connectivity index (χ1n) is 9.01. The smallest absolute Gasteiger partial charge is 0.0375 e. The Balaban J connectivity index is 1.39. The Labute approximate surface area is 120 Å². The van der Waals surface area contributed by atoms with E-state index in [0.29, 0.717) is 0 Å². The molecule has 19 heavy (non-hydrogen) atoms. The van der Waals surface area contributed by atoms with Crippen molar-refractivity contribution in [2.75, 3.05) is 0 Å². The van der Waals surface area contributed by atoms with Crippen molar-refractivity contribution in [3.05, 3.63) is 0 Å². The van der Waals surface area contributed by atoms with Gasteiger partial charge in [-0.15, -0.1) is 11.8 Å². The fourth-order valence-electron chi connectivity index (χ4n) is 9.16. The molecule has 9 rings (SSSR count). The van der Waals surface area contributed by atoms with Crippen LogP contribution in [0, 0.1) is 47.3 Å². The van der Waals surface area contributed by atoms with E-state index in [0.717, 1.165) is 9.49 Å². The van der Waals surface area contributed by atoms with Crippen molar-refractivity contribution in [3.8, 4) is 0 Å². The fourth-order valence-corrected chi connectivity index (χ4v) is 11.8. The molecule has 0 amide bonds. The molecule has 1 heteroatoms. The second kappa shape index (κ2) is 2.69. The molecule has 0 aromatic heterocycles. The van der Waals surface area contributed by atoms with E-state index in [1.54, 1.807) is 51.4 Å². The van der Waals surface area contributed by atoms with Gasteiger partial charge in [0.05, 0.1) is 0 Å². The van der Waals surface area contributed by atoms with E-state index >= 15 is 0 Å². The van der Waals surface area contributed by atoms with Crippen LogP contribution in [0.25, 0.3) is 0 Å². The molecule has 0 N–H and O–H groups in total. The van der Waals surface area contributed by atoms with Crippen molar-refractivity contribution >= 4 is 11.8 Å². The van der Waals surface area contributed by atoms with Gasteiger partial charge in [-0.25, -0.2) is 0 Å². The Kier molecular flexibility index (Phi) is 1.43. The highest BCUT2D eigenvalue weighted by atomic mass is 32.2. The molecular formula is C18H24S. The number of thioether (sulfide) groups is 1. The number of hydrogen-bond donors (Lipinski definition) is 0. The molecule has 0 aromatic carbocycles. The summed E-state index contributed by atoms with van der Waals surface area (Å²) in [4.78, 5) is 0. The lowest BCUT2D eigenvalue weighted by Gasteiger charge is -2.46. The summed E-state index contributed by atoms with van der Waals surface area (Å²) in [6.45, 7) is 0. The van der Waals surface area contributed by atoms with Crippen molar-refractivity contribution < 1.29 is 0 Å². The Hall–Kier alpha value is 0.350.